The Morgan fingerprint density at radius 3 is 3.00 bits per heavy atom. The van der Waals surface area contributed by atoms with E-state index in [1.165, 1.54) is 6.07 Å². The third-order valence-electron chi connectivity index (χ3n) is 3.94. The van der Waals surface area contributed by atoms with Gasteiger partial charge in [0.1, 0.15) is 11.4 Å². The van der Waals surface area contributed by atoms with Crippen LogP contribution in [0.15, 0.2) is 49.1 Å². The maximum atomic E-state index is 10.6. The zero-order valence-electron chi connectivity index (χ0n) is 13.7. The smallest absolute Gasteiger partial charge is 0.162 e. The van der Waals surface area contributed by atoms with E-state index in [1.54, 1.807) is 59.2 Å². The SMILES string of the molecule is Cn1cc(NC(O)c2cnn3cccnc23)c(-c2cc(Cl)ccc2O)n1. The highest BCUT2D eigenvalue weighted by Crippen LogP contribution is 2.36. The quantitative estimate of drug-likeness (QED) is 0.477. The van der Waals surface area contributed by atoms with Crippen LogP contribution in [0.4, 0.5) is 5.69 Å². The second-order valence-corrected chi connectivity index (χ2v) is 6.20. The summed E-state index contributed by atoms with van der Waals surface area (Å²) < 4.78 is 3.16. The van der Waals surface area contributed by atoms with E-state index in [1.807, 2.05) is 0 Å². The Bertz CT molecular complexity index is 1090. The molecule has 3 aromatic heterocycles. The van der Waals surface area contributed by atoms with Crippen molar-refractivity contribution in [3.63, 3.8) is 0 Å². The Balaban J connectivity index is 1.72. The van der Waals surface area contributed by atoms with E-state index in [4.69, 9.17) is 11.6 Å². The molecule has 0 aliphatic rings. The number of benzene rings is 1. The van der Waals surface area contributed by atoms with Crippen LogP contribution in [0.2, 0.25) is 5.02 Å². The molecule has 1 aromatic carbocycles. The van der Waals surface area contributed by atoms with Gasteiger partial charge in [-0.05, 0) is 24.3 Å². The third-order valence-corrected chi connectivity index (χ3v) is 4.17. The van der Waals surface area contributed by atoms with Gasteiger partial charge in [-0.1, -0.05) is 11.6 Å². The molecule has 0 amide bonds. The number of anilines is 1. The summed E-state index contributed by atoms with van der Waals surface area (Å²) in [7, 11) is 1.75. The molecule has 4 aromatic rings. The van der Waals surface area contributed by atoms with E-state index in [-0.39, 0.29) is 5.75 Å². The topological polar surface area (TPSA) is 100 Å². The summed E-state index contributed by atoms with van der Waals surface area (Å²) in [6.45, 7) is 0. The molecule has 0 aliphatic heterocycles. The number of phenolic OH excluding ortho intramolecular Hbond substituents is 1. The second-order valence-electron chi connectivity index (χ2n) is 5.76. The van der Waals surface area contributed by atoms with Gasteiger partial charge in [0.15, 0.2) is 11.9 Å². The molecule has 3 N–H and O–H groups in total. The molecular weight excluding hydrogens is 356 g/mol. The van der Waals surface area contributed by atoms with Crippen molar-refractivity contribution in [1.29, 1.82) is 0 Å². The van der Waals surface area contributed by atoms with Crippen LogP contribution in [0.5, 0.6) is 5.75 Å². The van der Waals surface area contributed by atoms with Crippen molar-refractivity contribution >= 4 is 22.9 Å². The van der Waals surface area contributed by atoms with Crippen molar-refractivity contribution in [2.24, 2.45) is 7.05 Å². The number of nitrogens with one attached hydrogen (secondary N) is 1. The van der Waals surface area contributed by atoms with Crippen molar-refractivity contribution in [1.82, 2.24) is 24.4 Å². The molecule has 26 heavy (non-hydrogen) atoms. The van der Waals surface area contributed by atoms with Gasteiger partial charge in [0.25, 0.3) is 0 Å². The molecular formula is C17H15ClN6O2. The molecule has 4 rings (SSSR count). The zero-order chi connectivity index (χ0) is 18.3. The Hall–Kier alpha value is -3.10. The van der Waals surface area contributed by atoms with E-state index in [0.29, 0.717) is 33.2 Å². The zero-order valence-corrected chi connectivity index (χ0v) is 14.5. The van der Waals surface area contributed by atoms with Gasteiger partial charge >= 0.3 is 0 Å². The monoisotopic (exact) mass is 370 g/mol. The fourth-order valence-corrected chi connectivity index (χ4v) is 2.93. The number of aliphatic hydroxyl groups excluding tert-OH is 1. The summed E-state index contributed by atoms with van der Waals surface area (Å²) in [5.74, 6) is 0.0447. The number of phenols is 1. The predicted molar refractivity (Wildman–Crippen MR) is 96.9 cm³/mol. The number of rotatable bonds is 4. The van der Waals surface area contributed by atoms with E-state index in [2.05, 4.69) is 20.5 Å². The average molecular weight is 371 g/mol. The van der Waals surface area contributed by atoms with Crippen LogP contribution in [0.3, 0.4) is 0 Å². The summed E-state index contributed by atoms with van der Waals surface area (Å²) in [5.41, 5.74) is 2.54. The van der Waals surface area contributed by atoms with Gasteiger partial charge in [-0.2, -0.15) is 10.2 Å². The number of hydrogen-bond donors (Lipinski definition) is 3. The lowest BCUT2D eigenvalue weighted by Crippen LogP contribution is -2.10. The van der Waals surface area contributed by atoms with Gasteiger partial charge in [-0.15, -0.1) is 0 Å². The Kier molecular flexibility index (Phi) is 3.98. The van der Waals surface area contributed by atoms with Gasteiger partial charge in [0, 0.05) is 36.2 Å². The third kappa shape index (κ3) is 2.85. The Labute approximate surface area is 153 Å². The maximum Gasteiger partial charge on any atom is 0.162 e. The van der Waals surface area contributed by atoms with Crippen molar-refractivity contribution < 1.29 is 10.2 Å². The number of fused-ring (bicyclic) bond motifs is 1. The molecule has 3 heterocycles. The summed E-state index contributed by atoms with van der Waals surface area (Å²) in [6, 6.07) is 6.47. The first kappa shape index (κ1) is 16.4. The fourth-order valence-electron chi connectivity index (χ4n) is 2.75. The van der Waals surface area contributed by atoms with Crippen LogP contribution in [-0.2, 0) is 7.05 Å². The van der Waals surface area contributed by atoms with E-state index >= 15 is 0 Å². The largest absolute Gasteiger partial charge is 0.507 e. The highest BCUT2D eigenvalue weighted by molar-refractivity contribution is 6.31. The normalized spacial score (nSPS) is 12.4. The number of aromatic nitrogens is 5. The molecule has 1 unspecified atom stereocenters. The number of aromatic hydroxyl groups is 1. The van der Waals surface area contributed by atoms with E-state index in [9.17, 15) is 10.2 Å². The summed E-state index contributed by atoms with van der Waals surface area (Å²) in [6.07, 6.45) is 5.57. The molecule has 0 bridgehead atoms. The summed E-state index contributed by atoms with van der Waals surface area (Å²) >= 11 is 6.04. The maximum absolute atomic E-state index is 10.6. The molecule has 1 atom stereocenters. The minimum atomic E-state index is -1.06. The van der Waals surface area contributed by atoms with Gasteiger partial charge in [0.05, 0.1) is 17.4 Å². The van der Waals surface area contributed by atoms with Crippen molar-refractivity contribution in [2.45, 2.75) is 6.23 Å². The lowest BCUT2D eigenvalue weighted by molar-refractivity contribution is 0.209. The minimum absolute atomic E-state index is 0.0447. The summed E-state index contributed by atoms with van der Waals surface area (Å²) in [5, 5.41) is 32.8. The van der Waals surface area contributed by atoms with Gasteiger partial charge in [-0.3, -0.25) is 4.68 Å². The van der Waals surface area contributed by atoms with Crippen LogP contribution in [0.1, 0.15) is 11.8 Å². The Morgan fingerprint density at radius 1 is 1.31 bits per heavy atom. The number of halogens is 1. The molecule has 132 valence electrons. The second kappa shape index (κ2) is 6.32. The molecule has 8 nitrogen and oxygen atoms in total. The number of aliphatic hydroxyl groups is 1. The number of aryl methyl sites for hydroxylation is 1. The first-order chi connectivity index (χ1) is 12.5. The minimum Gasteiger partial charge on any atom is -0.507 e. The van der Waals surface area contributed by atoms with Crippen LogP contribution in [0, 0.1) is 0 Å². The molecule has 0 saturated heterocycles. The van der Waals surface area contributed by atoms with Crippen LogP contribution < -0.4 is 5.32 Å². The molecule has 0 saturated carbocycles. The van der Waals surface area contributed by atoms with Crippen molar-refractivity contribution in [3.05, 3.63) is 59.6 Å². The van der Waals surface area contributed by atoms with Crippen LogP contribution in [0.25, 0.3) is 16.9 Å². The molecule has 9 heteroatoms. The van der Waals surface area contributed by atoms with Gasteiger partial charge in [0.2, 0.25) is 0 Å². The average Bonchev–Trinajstić information content (AvgIpc) is 3.20. The van der Waals surface area contributed by atoms with E-state index < -0.39 is 6.23 Å². The van der Waals surface area contributed by atoms with Crippen LogP contribution >= 0.6 is 11.6 Å². The highest BCUT2D eigenvalue weighted by Gasteiger charge is 2.20. The Morgan fingerprint density at radius 2 is 2.15 bits per heavy atom. The highest BCUT2D eigenvalue weighted by atomic mass is 35.5. The van der Waals surface area contributed by atoms with E-state index in [0.717, 1.165) is 0 Å². The molecule has 0 aliphatic carbocycles. The first-order valence-electron chi connectivity index (χ1n) is 7.78. The predicted octanol–water partition coefficient (Wildman–Crippen LogP) is 2.59. The number of hydrogen-bond acceptors (Lipinski definition) is 6. The van der Waals surface area contributed by atoms with Crippen LogP contribution in [-0.4, -0.2) is 34.6 Å². The van der Waals surface area contributed by atoms with Crippen molar-refractivity contribution in [2.75, 3.05) is 5.32 Å². The fraction of sp³-hybridized carbons (Fsp3) is 0.118. The van der Waals surface area contributed by atoms with Gasteiger partial charge < -0.3 is 15.5 Å². The van der Waals surface area contributed by atoms with Gasteiger partial charge in [-0.25, -0.2) is 9.50 Å². The molecule has 0 radical (unpaired) electrons. The van der Waals surface area contributed by atoms with Crippen molar-refractivity contribution in [3.8, 4) is 17.0 Å². The lowest BCUT2D eigenvalue weighted by atomic mass is 10.1. The molecule has 0 spiro atoms. The lowest BCUT2D eigenvalue weighted by Gasteiger charge is -2.13. The summed E-state index contributed by atoms with van der Waals surface area (Å²) in [4.78, 5) is 4.24. The standard InChI is InChI=1S/C17H15ClN6O2/c1-23-9-13(15(22-23)11-7-10(18)3-4-14(11)25)21-17(26)12-8-20-24-6-2-5-19-16(12)24/h2-9,17,21,25-26H,1H3. The number of nitrogens with zero attached hydrogens (tertiary/aromatic N) is 5. The molecule has 0 fully saturated rings. The first-order valence-corrected chi connectivity index (χ1v) is 8.16.